The summed E-state index contributed by atoms with van der Waals surface area (Å²) >= 11 is 0. The summed E-state index contributed by atoms with van der Waals surface area (Å²) in [6.07, 6.45) is 1.49. The molecule has 1 fully saturated rings. The van der Waals surface area contributed by atoms with Crippen LogP contribution in [0.2, 0.25) is 0 Å². The number of likely N-dealkylation sites (tertiary alicyclic amines) is 1. The molecule has 5 nitrogen and oxygen atoms in total. The van der Waals surface area contributed by atoms with Gasteiger partial charge in [-0.05, 0) is 54.7 Å². The molecule has 0 aromatic heterocycles. The zero-order valence-corrected chi connectivity index (χ0v) is 17.0. The topological polar surface area (TPSA) is 58.6 Å². The Morgan fingerprint density at radius 1 is 1.17 bits per heavy atom. The van der Waals surface area contributed by atoms with E-state index in [4.69, 9.17) is 4.74 Å². The molecule has 2 aliphatic rings. The molecule has 2 aliphatic heterocycles. The quantitative estimate of drug-likeness (QED) is 0.835. The molecule has 0 bridgehead atoms. The third-order valence-electron chi connectivity index (χ3n) is 5.82. The second-order valence-corrected chi connectivity index (χ2v) is 7.97. The van der Waals surface area contributed by atoms with Gasteiger partial charge in [-0.15, -0.1) is 0 Å². The number of nitrogens with zero attached hydrogens (tertiary/aromatic N) is 1. The number of benzene rings is 2. The van der Waals surface area contributed by atoms with E-state index in [1.165, 1.54) is 19.1 Å². The molecule has 0 radical (unpaired) electrons. The van der Waals surface area contributed by atoms with Crippen molar-refractivity contribution in [2.75, 3.05) is 13.1 Å². The predicted molar refractivity (Wildman–Crippen MR) is 108 cm³/mol. The molecule has 0 spiro atoms. The number of amides is 2. The molecule has 0 unspecified atom stereocenters. The summed E-state index contributed by atoms with van der Waals surface area (Å²) in [6.45, 7) is 3.95. The molecule has 1 N–H and O–H groups in total. The Labute approximate surface area is 174 Å². The van der Waals surface area contributed by atoms with Gasteiger partial charge in [-0.2, -0.15) is 0 Å². The average Bonchev–Trinajstić information content (AvgIpc) is 3.35. The number of rotatable bonds is 4. The minimum Gasteiger partial charge on any atom is -0.485 e. The Kier molecular flexibility index (Phi) is 5.45. The van der Waals surface area contributed by atoms with Crippen LogP contribution in [0.1, 0.15) is 30.9 Å². The van der Waals surface area contributed by atoms with Crippen LogP contribution in [0.5, 0.6) is 5.75 Å². The van der Waals surface area contributed by atoms with Crippen molar-refractivity contribution >= 4 is 11.8 Å². The van der Waals surface area contributed by atoms with Crippen molar-refractivity contribution in [3.63, 3.8) is 0 Å². The lowest BCUT2D eigenvalue weighted by molar-refractivity contribution is -0.137. The second kappa shape index (κ2) is 8.05. The molecule has 2 amide bonds. The van der Waals surface area contributed by atoms with Gasteiger partial charge in [0.25, 0.3) is 0 Å². The van der Waals surface area contributed by atoms with Crippen molar-refractivity contribution < 1.29 is 23.1 Å². The highest BCUT2D eigenvalue weighted by Crippen LogP contribution is 2.36. The number of aryl methyl sites for hydroxylation is 1. The van der Waals surface area contributed by atoms with E-state index >= 15 is 0 Å². The lowest BCUT2D eigenvalue weighted by Gasteiger charge is -2.23. The Morgan fingerprint density at radius 2 is 1.93 bits per heavy atom. The summed E-state index contributed by atoms with van der Waals surface area (Å²) < 4.78 is 34.2. The molecule has 30 heavy (non-hydrogen) atoms. The lowest BCUT2D eigenvalue weighted by Crippen LogP contribution is -2.47. The summed E-state index contributed by atoms with van der Waals surface area (Å²) in [5.74, 6) is -0.984. The zero-order chi connectivity index (χ0) is 21.4. The Morgan fingerprint density at radius 3 is 2.67 bits per heavy atom. The maximum atomic E-state index is 14.6. The molecular formula is C23H24F2N2O3. The minimum absolute atomic E-state index is 0.112. The molecule has 158 valence electrons. The van der Waals surface area contributed by atoms with Crippen LogP contribution in [0.4, 0.5) is 8.78 Å². The van der Waals surface area contributed by atoms with Gasteiger partial charge >= 0.3 is 0 Å². The van der Waals surface area contributed by atoms with E-state index in [1.54, 1.807) is 30.0 Å². The Bertz CT molecular complexity index is 1010. The van der Waals surface area contributed by atoms with Crippen LogP contribution in [0.15, 0.2) is 30.3 Å². The maximum Gasteiger partial charge on any atom is 0.242 e. The van der Waals surface area contributed by atoms with Crippen LogP contribution in [0.25, 0.3) is 11.1 Å². The van der Waals surface area contributed by atoms with Crippen LogP contribution >= 0.6 is 0 Å². The number of hydrogen-bond donors (Lipinski definition) is 1. The largest absolute Gasteiger partial charge is 0.485 e. The number of fused-ring (bicyclic) bond motifs is 1. The fraction of sp³-hybridized carbons (Fsp3) is 0.391. The highest BCUT2D eigenvalue weighted by molar-refractivity contribution is 5.87. The summed E-state index contributed by atoms with van der Waals surface area (Å²) in [6, 6.07) is 7.51. The first kappa shape index (κ1) is 20.3. The highest BCUT2D eigenvalue weighted by Gasteiger charge is 2.33. The third kappa shape index (κ3) is 3.88. The average molecular weight is 414 g/mol. The second-order valence-electron chi connectivity index (χ2n) is 7.97. The standard InChI is InChI=1S/C23H24F2N2O3/c1-13-5-6-15(10-19(13)24)16-8-17-9-18(30-22(17)20(25)11-16)12-26-23(29)21-4-3-7-27(21)14(2)28/h5-6,8,10-11,18,21H,3-4,7,9,12H2,1-2H3,(H,26,29)/t18-,21-/m0/s1. The minimum atomic E-state index is -0.504. The van der Waals surface area contributed by atoms with E-state index < -0.39 is 18.0 Å². The van der Waals surface area contributed by atoms with Crippen LogP contribution in [0, 0.1) is 18.6 Å². The van der Waals surface area contributed by atoms with Crippen molar-refractivity contribution in [3.05, 3.63) is 53.1 Å². The summed E-state index contributed by atoms with van der Waals surface area (Å²) in [7, 11) is 0. The number of ether oxygens (including phenoxy) is 1. The third-order valence-corrected chi connectivity index (χ3v) is 5.82. The number of carbonyl (C=O) groups is 2. The van der Waals surface area contributed by atoms with E-state index in [0.717, 1.165) is 6.42 Å². The molecule has 2 aromatic carbocycles. The molecule has 2 aromatic rings. The van der Waals surface area contributed by atoms with Crippen LogP contribution in [-0.2, 0) is 16.0 Å². The molecule has 7 heteroatoms. The molecule has 1 saturated heterocycles. The van der Waals surface area contributed by atoms with Gasteiger partial charge in [0.2, 0.25) is 11.8 Å². The maximum absolute atomic E-state index is 14.6. The Balaban J connectivity index is 1.43. The lowest BCUT2D eigenvalue weighted by atomic mass is 9.99. The van der Waals surface area contributed by atoms with Crippen LogP contribution in [-0.4, -0.2) is 41.9 Å². The first-order valence-corrected chi connectivity index (χ1v) is 10.1. The van der Waals surface area contributed by atoms with Crippen molar-refractivity contribution in [2.45, 2.75) is 45.3 Å². The van der Waals surface area contributed by atoms with Gasteiger partial charge in [-0.3, -0.25) is 9.59 Å². The molecule has 2 heterocycles. The fourth-order valence-electron chi connectivity index (χ4n) is 4.19. The van der Waals surface area contributed by atoms with Gasteiger partial charge in [0.05, 0.1) is 6.54 Å². The molecular weight excluding hydrogens is 390 g/mol. The monoisotopic (exact) mass is 414 g/mol. The van der Waals surface area contributed by atoms with Gasteiger partial charge in [-0.1, -0.05) is 12.1 Å². The van der Waals surface area contributed by atoms with Crippen LogP contribution in [0.3, 0.4) is 0 Å². The van der Waals surface area contributed by atoms with Gasteiger partial charge in [0.15, 0.2) is 11.6 Å². The first-order valence-electron chi connectivity index (χ1n) is 10.1. The van der Waals surface area contributed by atoms with Crippen molar-refractivity contribution in [2.24, 2.45) is 0 Å². The summed E-state index contributed by atoms with van der Waals surface area (Å²) in [5.41, 5.74) is 2.41. The predicted octanol–water partition coefficient (Wildman–Crippen LogP) is 3.37. The van der Waals surface area contributed by atoms with Crippen molar-refractivity contribution in [3.8, 4) is 16.9 Å². The molecule has 0 saturated carbocycles. The fourth-order valence-corrected chi connectivity index (χ4v) is 4.19. The van der Waals surface area contributed by atoms with E-state index in [1.807, 2.05) is 0 Å². The van der Waals surface area contributed by atoms with E-state index in [2.05, 4.69) is 5.32 Å². The highest BCUT2D eigenvalue weighted by atomic mass is 19.1. The SMILES string of the molecule is CC(=O)N1CCC[C@H]1C(=O)NC[C@@H]1Cc2cc(-c3ccc(C)c(F)c3)cc(F)c2O1. The Hall–Kier alpha value is -2.96. The zero-order valence-electron chi connectivity index (χ0n) is 17.0. The summed E-state index contributed by atoms with van der Waals surface area (Å²) in [5, 5.41) is 2.84. The molecule has 0 aliphatic carbocycles. The number of carbonyl (C=O) groups excluding carboxylic acids is 2. The van der Waals surface area contributed by atoms with E-state index in [-0.39, 0.29) is 29.9 Å². The number of halogens is 2. The van der Waals surface area contributed by atoms with Crippen molar-refractivity contribution in [1.82, 2.24) is 10.2 Å². The molecule has 4 rings (SSSR count). The van der Waals surface area contributed by atoms with Crippen molar-refractivity contribution in [1.29, 1.82) is 0 Å². The number of hydrogen-bond acceptors (Lipinski definition) is 3. The van der Waals surface area contributed by atoms with E-state index in [9.17, 15) is 18.4 Å². The molecule has 2 atom stereocenters. The van der Waals surface area contributed by atoms with Crippen LogP contribution < -0.4 is 10.1 Å². The van der Waals surface area contributed by atoms with E-state index in [0.29, 0.717) is 41.6 Å². The number of nitrogens with one attached hydrogen (secondary N) is 1. The van der Waals surface area contributed by atoms with Gasteiger partial charge in [0, 0.05) is 25.5 Å². The van der Waals surface area contributed by atoms with Gasteiger partial charge in [-0.25, -0.2) is 8.78 Å². The first-order chi connectivity index (χ1) is 14.3. The summed E-state index contributed by atoms with van der Waals surface area (Å²) in [4.78, 5) is 25.7. The van der Waals surface area contributed by atoms with Gasteiger partial charge in [0.1, 0.15) is 18.0 Å². The van der Waals surface area contributed by atoms with Gasteiger partial charge < -0.3 is 15.0 Å². The smallest absolute Gasteiger partial charge is 0.242 e. The normalized spacial score (nSPS) is 20.1.